The van der Waals surface area contributed by atoms with Gasteiger partial charge in [0.15, 0.2) is 16.6 Å². The molecule has 1 saturated carbocycles. The minimum atomic E-state index is -0.409. The molecule has 0 saturated heterocycles. The van der Waals surface area contributed by atoms with E-state index >= 15 is 0 Å². The summed E-state index contributed by atoms with van der Waals surface area (Å²) in [6.45, 7) is 2.01. The Balaban J connectivity index is 1.51. The number of hydrogen-bond acceptors (Lipinski definition) is 3. The molecule has 3 N–H and O–H groups in total. The van der Waals surface area contributed by atoms with Crippen molar-refractivity contribution in [3.05, 3.63) is 18.2 Å². The van der Waals surface area contributed by atoms with E-state index in [-0.39, 0.29) is 0 Å². The molecule has 126 valence electrons. The second kappa shape index (κ2) is 6.93. The fraction of sp³-hybridized carbons (Fsp3) is 0.588. The highest BCUT2D eigenvalue weighted by Gasteiger charge is 2.44. The summed E-state index contributed by atoms with van der Waals surface area (Å²) in [6.07, 6.45) is 5.37. The van der Waals surface area contributed by atoms with Crippen molar-refractivity contribution in [2.24, 2.45) is 0 Å². The minimum absolute atomic E-state index is 0.409. The Labute approximate surface area is 143 Å². The van der Waals surface area contributed by atoms with Gasteiger partial charge in [0, 0.05) is 37.6 Å². The molecule has 1 aromatic rings. The van der Waals surface area contributed by atoms with E-state index in [0.717, 1.165) is 49.5 Å². The SMILES string of the molecule is C[NH+](C)CCCNC(=S)Nc1ccc2c(c1)OC1(CCCC1)O2. The maximum atomic E-state index is 6.07. The first-order valence-corrected chi connectivity index (χ1v) is 8.83. The van der Waals surface area contributed by atoms with Gasteiger partial charge in [0.05, 0.1) is 20.6 Å². The van der Waals surface area contributed by atoms with Crippen molar-refractivity contribution in [2.45, 2.75) is 37.9 Å². The van der Waals surface area contributed by atoms with E-state index < -0.39 is 5.79 Å². The summed E-state index contributed by atoms with van der Waals surface area (Å²) in [4.78, 5) is 1.45. The number of nitrogens with one attached hydrogen (secondary N) is 3. The average molecular weight is 336 g/mol. The third kappa shape index (κ3) is 4.06. The summed E-state index contributed by atoms with van der Waals surface area (Å²) in [5, 5.41) is 7.10. The van der Waals surface area contributed by atoms with Crippen LogP contribution in [0.3, 0.4) is 0 Å². The summed E-state index contributed by atoms with van der Waals surface area (Å²) in [7, 11) is 4.31. The third-order valence-electron chi connectivity index (χ3n) is 4.30. The molecule has 0 atom stereocenters. The molecule has 0 aromatic heterocycles. The molecule has 1 aliphatic heterocycles. The van der Waals surface area contributed by atoms with Crippen LogP contribution in [-0.4, -0.2) is 38.1 Å². The van der Waals surface area contributed by atoms with Crippen LogP contribution >= 0.6 is 12.2 Å². The lowest BCUT2D eigenvalue weighted by Crippen LogP contribution is -3.05. The van der Waals surface area contributed by atoms with E-state index in [1.807, 2.05) is 18.2 Å². The Bertz CT molecular complexity index is 571. The zero-order valence-corrected chi connectivity index (χ0v) is 14.7. The lowest BCUT2D eigenvalue weighted by Gasteiger charge is -2.21. The Morgan fingerprint density at radius 2 is 1.96 bits per heavy atom. The van der Waals surface area contributed by atoms with Crippen LogP contribution in [0.1, 0.15) is 32.1 Å². The van der Waals surface area contributed by atoms with Crippen LogP contribution in [0.2, 0.25) is 0 Å². The molecule has 0 amide bonds. The molecule has 1 aliphatic carbocycles. The topological polar surface area (TPSA) is 47.0 Å². The number of hydrogen-bond donors (Lipinski definition) is 3. The van der Waals surface area contributed by atoms with Gasteiger partial charge < -0.3 is 25.0 Å². The smallest absolute Gasteiger partial charge is 0.251 e. The van der Waals surface area contributed by atoms with Gasteiger partial charge in [-0.3, -0.25) is 0 Å². The second-order valence-electron chi connectivity index (χ2n) is 6.67. The van der Waals surface area contributed by atoms with Crippen LogP contribution in [0.5, 0.6) is 11.5 Å². The van der Waals surface area contributed by atoms with E-state index in [9.17, 15) is 0 Å². The molecule has 6 heteroatoms. The quantitative estimate of drug-likeness (QED) is 0.563. The summed E-state index contributed by atoms with van der Waals surface area (Å²) < 4.78 is 12.1. The molecular formula is C17H26N3O2S+. The maximum Gasteiger partial charge on any atom is 0.251 e. The summed E-state index contributed by atoms with van der Waals surface area (Å²) in [5.41, 5.74) is 0.929. The molecule has 1 fully saturated rings. The van der Waals surface area contributed by atoms with Gasteiger partial charge in [0.25, 0.3) is 5.79 Å². The lowest BCUT2D eigenvalue weighted by molar-refractivity contribution is -0.858. The monoisotopic (exact) mass is 336 g/mol. The van der Waals surface area contributed by atoms with Crippen LogP contribution in [0.4, 0.5) is 5.69 Å². The van der Waals surface area contributed by atoms with Gasteiger partial charge in [0.2, 0.25) is 0 Å². The van der Waals surface area contributed by atoms with Crippen LogP contribution < -0.4 is 25.0 Å². The Morgan fingerprint density at radius 1 is 1.22 bits per heavy atom. The van der Waals surface area contributed by atoms with Crippen LogP contribution in [-0.2, 0) is 0 Å². The van der Waals surface area contributed by atoms with Gasteiger partial charge in [-0.05, 0) is 37.2 Å². The van der Waals surface area contributed by atoms with E-state index in [1.54, 1.807) is 0 Å². The minimum Gasteiger partial charge on any atom is -0.448 e. The first kappa shape index (κ1) is 16.3. The van der Waals surface area contributed by atoms with Crippen molar-refractivity contribution in [1.82, 2.24) is 5.32 Å². The number of fused-ring (bicyclic) bond motifs is 1. The predicted molar refractivity (Wildman–Crippen MR) is 95.4 cm³/mol. The van der Waals surface area contributed by atoms with E-state index in [4.69, 9.17) is 21.7 Å². The highest BCUT2D eigenvalue weighted by molar-refractivity contribution is 7.80. The molecule has 0 unspecified atom stereocenters. The molecule has 2 aliphatic rings. The van der Waals surface area contributed by atoms with Gasteiger partial charge in [0.1, 0.15) is 0 Å². The standard InChI is InChI=1S/C17H25N3O2S/c1-20(2)11-5-10-18-16(23)19-13-6-7-14-15(12-13)22-17(21-14)8-3-4-9-17/h6-7,12H,3-5,8-11H2,1-2H3,(H2,18,19,23)/p+1. The number of quaternary nitrogens is 1. The van der Waals surface area contributed by atoms with Crippen LogP contribution in [0, 0.1) is 0 Å². The van der Waals surface area contributed by atoms with Crippen molar-refractivity contribution in [2.75, 3.05) is 32.5 Å². The number of thiocarbonyl (C=S) groups is 1. The van der Waals surface area contributed by atoms with Gasteiger partial charge in [-0.2, -0.15) is 0 Å². The first-order valence-electron chi connectivity index (χ1n) is 8.42. The van der Waals surface area contributed by atoms with Gasteiger partial charge in [-0.15, -0.1) is 0 Å². The van der Waals surface area contributed by atoms with Crippen LogP contribution in [0.25, 0.3) is 0 Å². The highest BCUT2D eigenvalue weighted by Crippen LogP contribution is 2.47. The fourth-order valence-electron chi connectivity index (χ4n) is 3.11. The molecule has 0 radical (unpaired) electrons. The molecule has 0 bridgehead atoms. The van der Waals surface area contributed by atoms with E-state index in [0.29, 0.717) is 5.11 Å². The number of anilines is 1. The zero-order valence-electron chi connectivity index (χ0n) is 13.9. The van der Waals surface area contributed by atoms with Crippen molar-refractivity contribution < 1.29 is 14.4 Å². The highest BCUT2D eigenvalue weighted by atomic mass is 32.1. The number of benzene rings is 1. The molecule has 1 aromatic carbocycles. The van der Waals surface area contributed by atoms with E-state index in [2.05, 4.69) is 24.7 Å². The summed E-state index contributed by atoms with van der Waals surface area (Å²) >= 11 is 5.34. The third-order valence-corrected chi connectivity index (χ3v) is 4.54. The molecule has 1 spiro atoms. The fourth-order valence-corrected chi connectivity index (χ4v) is 3.33. The van der Waals surface area contributed by atoms with Gasteiger partial charge in [-0.25, -0.2) is 0 Å². The molecule has 23 heavy (non-hydrogen) atoms. The predicted octanol–water partition coefficient (Wildman–Crippen LogP) is 1.55. The van der Waals surface area contributed by atoms with Crippen molar-refractivity contribution in [1.29, 1.82) is 0 Å². The number of rotatable bonds is 5. The molecule has 5 nitrogen and oxygen atoms in total. The largest absolute Gasteiger partial charge is 0.448 e. The lowest BCUT2D eigenvalue weighted by atomic mass is 10.2. The van der Waals surface area contributed by atoms with E-state index in [1.165, 1.54) is 17.7 Å². The summed E-state index contributed by atoms with van der Waals surface area (Å²) in [6, 6.07) is 5.91. The van der Waals surface area contributed by atoms with Crippen molar-refractivity contribution >= 4 is 23.0 Å². The Hall–Kier alpha value is -1.53. The van der Waals surface area contributed by atoms with Gasteiger partial charge in [-0.1, -0.05) is 0 Å². The first-order chi connectivity index (χ1) is 11.1. The second-order valence-corrected chi connectivity index (χ2v) is 7.08. The Kier molecular flexibility index (Phi) is 4.92. The maximum absolute atomic E-state index is 6.07. The summed E-state index contributed by atoms with van der Waals surface area (Å²) in [5.74, 6) is 1.25. The van der Waals surface area contributed by atoms with Crippen molar-refractivity contribution in [3.63, 3.8) is 0 Å². The van der Waals surface area contributed by atoms with Crippen LogP contribution in [0.15, 0.2) is 18.2 Å². The normalized spacial score (nSPS) is 17.7. The molecule has 3 rings (SSSR count). The van der Waals surface area contributed by atoms with Gasteiger partial charge >= 0.3 is 0 Å². The van der Waals surface area contributed by atoms with Crippen molar-refractivity contribution in [3.8, 4) is 11.5 Å². The molecular weight excluding hydrogens is 310 g/mol. The average Bonchev–Trinajstić information content (AvgIpc) is 3.09. The Morgan fingerprint density at radius 3 is 2.70 bits per heavy atom. The number of ether oxygens (including phenoxy) is 2. The molecule has 1 heterocycles. The zero-order chi connectivity index (χ0) is 16.3.